The zero-order valence-corrected chi connectivity index (χ0v) is 16.1. The van der Waals surface area contributed by atoms with Gasteiger partial charge in [0.05, 0.1) is 26.2 Å². The molecule has 0 aliphatic carbocycles. The number of benzene rings is 1. The first-order valence-electron chi connectivity index (χ1n) is 8.48. The number of hydrogen-bond acceptors (Lipinski definition) is 6. The zero-order valence-electron chi connectivity index (χ0n) is 15.2. The van der Waals surface area contributed by atoms with Gasteiger partial charge >= 0.3 is 7.60 Å². The number of hydrogen-bond donors (Lipinski definition) is 1. The van der Waals surface area contributed by atoms with Gasteiger partial charge in [-0.2, -0.15) is 0 Å². The molecule has 1 N–H and O–H groups in total. The minimum absolute atomic E-state index is 0.175. The van der Waals surface area contributed by atoms with Gasteiger partial charge in [-0.15, -0.1) is 0 Å². The monoisotopic (exact) mass is 370 g/mol. The summed E-state index contributed by atoms with van der Waals surface area (Å²) < 4.78 is 24.1. The molecule has 1 aromatic carbocycles. The molecule has 3 atom stereocenters. The average Bonchev–Trinajstić information content (AvgIpc) is 3.07. The molecule has 2 rings (SSSR count). The van der Waals surface area contributed by atoms with Crippen molar-refractivity contribution in [2.45, 2.75) is 32.1 Å². The van der Waals surface area contributed by atoms with Gasteiger partial charge in [-0.3, -0.25) is 19.5 Å². The number of hydroxylamine groups is 2. The molecule has 0 unspecified atom stereocenters. The van der Waals surface area contributed by atoms with E-state index >= 15 is 0 Å². The van der Waals surface area contributed by atoms with Crippen molar-refractivity contribution in [3.63, 3.8) is 0 Å². The maximum absolute atomic E-state index is 13.1. The van der Waals surface area contributed by atoms with E-state index in [0.29, 0.717) is 6.42 Å². The van der Waals surface area contributed by atoms with Crippen LogP contribution >= 0.6 is 7.60 Å². The first-order chi connectivity index (χ1) is 12.0. The minimum Gasteiger partial charge on any atom is -0.308 e. The molecule has 0 bridgehead atoms. The van der Waals surface area contributed by atoms with Gasteiger partial charge in [0, 0.05) is 13.1 Å². The largest absolute Gasteiger partial charge is 0.347 e. The van der Waals surface area contributed by atoms with Crippen LogP contribution in [0, 0.1) is 5.92 Å². The highest BCUT2D eigenvalue weighted by Crippen LogP contribution is 2.57. The lowest BCUT2D eigenvalue weighted by Crippen LogP contribution is -2.35. The number of nitrogens with one attached hydrogen (secondary N) is 1. The summed E-state index contributed by atoms with van der Waals surface area (Å²) in [4.78, 5) is 17.8. The number of carbonyl (C=O) groups is 1. The van der Waals surface area contributed by atoms with Crippen LogP contribution in [0.4, 0.5) is 0 Å². The van der Waals surface area contributed by atoms with Crippen molar-refractivity contribution >= 4 is 13.5 Å². The Morgan fingerprint density at radius 1 is 1.24 bits per heavy atom. The van der Waals surface area contributed by atoms with E-state index in [9.17, 15) is 9.36 Å². The van der Waals surface area contributed by atoms with Crippen molar-refractivity contribution in [1.29, 1.82) is 0 Å². The second-order valence-corrected chi connectivity index (χ2v) is 8.03. The van der Waals surface area contributed by atoms with Crippen molar-refractivity contribution in [3.05, 3.63) is 35.9 Å². The maximum atomic E-state index is 13.1. The van der Waals surface area contributed by atoms with Crippen molar-refractivity contribution in [2.24, 2.45) is 5.92 Å². The molecule has 140 valence electrons. The van der Waals surface area contributed by atoms with Gasteiger partial charge in [0.15, 0.2) is 0 Å². The highest BCUT2D eigenvalue weighted by Gasteiger charge is 2.49. The predicted octanol–water partition coefficient (Wildman–Crippen LogP) is 2.95. The fourth-order valence-electron chi connectivity index (χ4n) is 3.12. The smallest absolute Gasteiger partial charge is 0.308 e. The van der Waals surface area contributed by atoms with Crippen molar-refractivity contribution < 1.29 is 23.2 Å². The molecule has 1 amide bonds. The third-order valence-corrected chi connectivity index (χ3v) is 6.67. The van der Waals surface area contributed by atoms with Gasteiger partial charge in [0.25, 0.3) is 5.91 Å². The summed E-state index contributed by atoms with van der Waals surface area (Å²) in [5, 5.41) is 4.52. The van der Waals surface area contributed by atoms with Crippen LogP contribution in [0.3, 0.4) is 0 Å². The van der Waals surface area contributed by atoms with Crippen molar-refractivity contribution in [3.8, 4) is 0 Å². The zero-order chi connectivity index (χ0) is 18.4. The topological polar surface area (TPSA) is 77.1 Å². The third-order valence-electron chi connectivity index (χ3n) is 4.31. The molecular formula is C17H27N2O5P. The standard InChI is InChI=1S/C17H27N2O5P/c1-5-23-25(21,24-6-2)15-12-14(17(20)19(3)22-4)16(18-15)13-10-8-7-9-11-13/h7-11,14-16,18H,5-6,12H2,1-4H3/t14-,15+,16-/m1/s1. The molecule has 1 aromatic rings. The van der Waals surface area contributed by atoms with Gasteiger partial charge in [0.1, 0.15) is 5.78 Å². The predicted molar refractivity (Wildman–Crippen MR) is 94.9 cm³/mol. The van der Waals surface area contributed by atoms with Crippen LogP contribution in [0.15, 0.2) is 30.3 Å². The second-order valence-electron chi connectivity index (χ2n) is 5.81. The van der Waals surface area contributed by atoms with E-state index in [-0.39, 0.29) is 25.2 Å². The Hall–Kier alpha value is -1.24. The number of carbonyl (C=O) groups excluding carboxylic acids is 1. The molecule has 25 heavy (non-hydrogen) atoms. The quantitative estimate of drug-likeness (QED) is 0.560. The average molecular weight is 370 g/mol. The Bertz CT molecular complexity index is 602. The van der Waals surface area contributed by atoms with Crippen LogP contribution in [0.1, 0.15) is 31.9 Å². The molecule has 0 aromatic heterocycles. The van der Waals surface area contributed by atoms with Crippen LogP contribution in [0.5, 0.6) is 0 Å². The van der Waals surface area contributed by atoms with Gasteiger partial charge < -0.3 is 9.05 Å². The second kappa shape index (κ2) is 8.92. The Kier molecular flexibility index (Phi) is 7.16. The summed E-state index contributed by atoms with van der Waals surface area (Å²) in [5.74, 6) is -1.14. The van der Waals surface area contributed by atoms with E-state index in [0.717, 1.165) is 5.56 Å². The summed E-state index contributed by atoms with van der Waals surface area (Å²) in [6.07, 6.45) is 0.351. The van der Waals surface area contributed by atoms with Crippen molar-refractivity contribution in [1.82, 2.24) is 10.4 Å². The van der Waals surface area contributed by atoms with Crippen molar-refractivity contribution in [2.75, 3.05) is 27.4 Å². The summed E-state index contributed by atoms with van der Waals surface area (Å²) in [5.41, 5.74) is 0.951. The van der Waals surface area contributed by atoms with Crippen LogP contribution in [0.25, 0.3) is 0 Å². The molecule has 0 saturated carbocycles. The van der Waals surface area contributed by atoms with E-state index in [4.69, 9.17) is 13.9 Å². The number of rotatable bonds is 8. The summed E-state index contributed by atoms with van der Waals surface area (Å²) in [6.45, 7) is 4.11. The Morgan fingerprint density at radius 3 is 2.36 bits per heavy atom. The van der Waals surface area contributed by atoms with E-state index in [1.54, 1.807) is 20.9 Å². The lowest BCUT2D eigenvalue weighted by Gasteiger charge is -2.24. The molecule has 1 saturated heterocycles. The van der Waals surface area contributed by atoms with Gasteiger partial charge in [-0.1, -0.05) is 30.3 Å². The van der Waals surface area contributed by atoms with Crippen LogP contribution < -0.4 is 5.32 Å². The molecule has 1 aliphatic rings. The number of nitrogens with zero attached hydrogens (tertiary/aromatic N) is 1. The summed E-state index contributed by atoms with van der Waals surface area (Å²) in [7, 11) is -0.346. The molecular weight excluding hydrogens is 343 g/mol. The molecule has 7 nitrogen and oxygen atoms in total. The van der Waals surface area contributed by atoms with Crippen LogP contribution in [0.2, 0.25) is 0 Å². The molecule has 1 fully saturated rings. The van der Waals surface area contributed by atoms with Crippen LogP contribution in [-0.4, -0.2) is 44.1 Å². The molecule has 1 aliphatic heterocycles. The summed E-state index contributed by atoms with van der Waals surface area (Å²) in [6, 6.07) is 9.34. The highest BCUT2D eigenvalue weighted by atomic mass is 31.2. The molecule has 0 radical (unpaired) electrons. The Labute approximate surface area is 149 Å². The SMILES string of the molecule is CCOP(=O)(OCC)[C@H]1C[C@@H](C(=O)N(C)OC)[C@@H](c2ccccc2)N1. The first kappa shape index (κ1) is 20.1. The normalized spacial score (nSPS) is 23.6. The third kappa shape index (κ3) is 4.49. The summed E-state index contributed by atoms with van der Waals surface area (Å²) >= 11 is 0. The number of amides is 1. The lowest BCUT2D eigenvalue weighted by molar-refractivity contribution is -0.173. The maximum Gasteiger partial charge on any atom is 0.347 e. The van der Waals surface area contributed by atoms with Crippen LogP contribution in [-0.2, 0) is 23.2 Å². The van der Waals surface area contributed by atoms with E-state index in [1.807, 2.05) is 30.3 Å². The molecule has 1 heterocycles. The first-order valence-corrected chi connectivity index (χ1v) is 10.1. The minimum atomic E-state index is -3.36. The van der Waals surface area contributed by atoms with Gasteiger partial charge in [-0.05, 0) is 25.8 Å². The van der Waals surface area contributed by atoms with E-state index in [1.165, 1.54) is 12.2 Å². The Morgan fingerprint density at radius 2 is 1.84 bits per heavy atom. The van der Waals surface area contributed by atoms with E-state index in [2.05, 4.69) is 5.32 Å². The lowest BCUT2D eigenvalue weighted by atomic mass is 9.93. The fourth-order valence-corrected chi connectivity index (χ4v) is 5.10. The van der Waals surface area contributed by atoms with Gasteiger partial charge in [-0.25, -0.2) is 5.06 Å². The molecule has 8 heteroatoms. The van der Waals surface area contributed by atoms with E-state index < -0.39 is 19.3 Å². The fraction of sp³-hybridized carbons (Fsp3) is 0.588. The van der Waals surface area contributed by atoms with Gasteiger partial charge in [0.2, 0.25) is 0 Å². The highest BCUT2D eigenvalue weighted by molar-refractivity contribution is 7.54. The molecule has 0 spiro atoms. The Balaban J connectivity index is 2.32.